The molecule has 0 spiro atoms. The van der Waals surface area contributed by atoms with Crippen LogP contribution in [0.15, 0.2) is 36.5 Å². The lowest BCUT2D eigenvalue weighted by atomic mass is 9.71. The Hall–Kier alpha value is -5.33. The third-order valence-corrected chi connectivity index (χ3v) is 12.1. The van der Waals surface area contributed by atoms with Crippen LogP contribution in [-0.2, 0) is 34.5 Å². The van der Waals surface area contributed by atoms with Crippen LogP contribution in [0.1, 0.15) is 94.8 Å². The van der Waals surface area contributed by atoms with Crippen molar-refractivity contribution in [3.05, 3.63) is 65.0 Å². The monoisotopic (exact) mass is 735 g/mol. The molecule has 13 heteroatoms. The molecule has 13 nitrogen and oxygen atoms in total. The third-order valence-electron chi connectivity index (χ3n) is 12.1. The van der Waals surface area contributed by atoms with E-state index in [0.29, 0.717) is 19.7 Å². The highest BCUT2D eigenvalue weighted by atomic mass is 16.5. The first-order valence-corrected chi connectivity index (χ1v) is 19.0. The maximum absolute atomic E-state index is 13.6. The summed E-state index contributed by atoms with van der Waals surface area (Å²) in [5, 5.41) is 12.9. The summed E-state index contributed by atoms with van der Waals surface area (Å²) in [6.07, 6.45) is 5.06. The van der Waals surface area contributed by atoms with Gasteiger partial charge >= 0.3 is 12.2 Å². The minimum Gasteiger partial charge on any atom is -0.488 e. The lowest BCUT2D eigenvalue weighted by Crippen LogP contribution is -2.53. The molecule has 0 unspecified atom stereocenters. The predicted octanol–water partition coefficient (Wildman–Crippen LogP) is 7.18. The normalized spacial score (nSPS) is 20.8. The second kappa shape index (κ2) is 13.2. The number of benzene rings is 2. The van der Waals surface area contributed by atoms with Gasteiger partial charge in [0.15, 0.2) is 0 Å². The molecule has 3 atom stereocenters. The Balaban J connectivity index is 1.06. The van der Waals surface area contributed by atoms with Gasteiger partial charge < -0.3 is 34.8 Å². The Morgan fingerprint density at radius 3 is 2.59 bits per heavy atom. The summed E-state index contributed by atoms with van der Waals surface area (Å²) in [6, 6.07) is 9.81. The van der Waals surface area contributed by atoms with Gasteiger partial charge in [0.05, 0.1) is 30.7 Å². The second-order valence-electron chi connectivity index (χ2n) is 16.5. The minimum absolute atomic E-state index is 0.108. The van der Waals surface area contributed by atoms with Gasteiger partial charge in [0.25, 0.3) is 0 Å². The molecule has 2 fully saturated rings. The Bertz CT molecular complexity index is 2150. The van der Waals surface area contributed by atoms with Gasteiger partial charge in [-0.05, 0) is 90.3 Å². The summed E-state index contributed by atoms with van der Waals surface area (Å²) in [5.41, 5.74) is 8.14. The number of nitrogens with one attached hydrogen (secondary N) is 3. The number of hydrogen-bond acceptors (Lipinski definition) is 7. The molecule has 0 bridgehead atoms. The molecule has 284 valence electrons. The molecule has 3 aliphatic heterocycles. The molecule has 2 saturated heterocycles. The van der Waals surface area contributed by atoms with Gasteiger partial charge in [-0.25, -0.2) is 19.6 Å². The molecule has 0 radical (unpaired) electrons. The molecular weight excluding hydrogens is 686 g/mol. The van der Waals surface area contributed by atoms with Crippen molar-refractivity contribution in [2.75, 3.05) is 20.2 Å². The highest BCUT2D eigenvalue weighted by Gasteiger charge is 2.55. The number of fused-ring (bicyclic) bond motifs is 6. The molecule has 4 aliphatic rings. The highest BCUT2D eigenvalue weighted by Crippen LogP contribution is 2.52. The molecule has 8 rings (SSSR count). The van der Waals surface area contributed by atoms with Crippen molar-refractivity contribution >= 4 is 18.1 Å². The van der Waals surface area contributed by atoms with Crippen LogP contribution in [0.2, 0.25) is 0 Å². The van der Waals surface area contributed by atoms with Gasteiger partial charge in [-0.15, -0.1) is 0 Å². The Morgan fingerprint density at radius 2 is 1.85 bits per heavy atom. The number of carboxylic acid groups (broad SMARTS) is 1. The second-order valence-corrected chi connectivity index (χ2v) is 16.5. The van der Waals surface area contributed by atoms with Crippen LogP contribution in [-0.4, -0.2) is 79.2 Å². The number of carbonyl (C=O) groups is 3. The zero-order valence-corrected chi connectivity index (χ0v) is 31.8. The number of carbonyl (C=O) groups excluding carboxylic acids is 2. The van der Waals surface area contributed by atoms with E-state index in [-0.39, 0.29) is 23.3 Å². The fourth-order valence-electron chi connectivity index (χ4n) is 9.25. The first-order chi connectivity index (χ1) is 25.8. The molecule has 0 saturated carbocycles. The van der Waals surface area contributed by atoms with Crippen molar-refractivity contribution in [2.24, 2.45) is 11.3 Å². The number of ether oxygens (including phenoxy) is 2. The summed E-state index contributed by atoms with van der Waals surface area (Å²) in [6.45, 7) is 11.6. The van der Waals surface area contributed by atoms with E-state index in [1.54, 1.807) is 4.90 Å². The number of methoxy groups -OCH3 is 1. The van der Waals surface area contributed by atoms with E-state index in [9.17, 15) is 19.5 Å². The average Bonchev–Trinajstić information content (AvgIpc) is 3.97. The van der Waals surface area contributed by atoms with Crippen LogP contribution in [0, 0.1) is 11.3 Å². The fourth-order valence-corrected chi connectivity index (χ4v) is 9.25. The number of amides is 3. The molecule has 3 amide bonds. The van der Waals surface area contributed by atoms with Crippen molar-refractivity contribution in [3.63, 3.8) is 0 Å². The van der Waals surface area contributed by atoms with E-state index in [4.69, 9.17) is 19.4 Å². The van der Waals surface area contributed by atoms with Crippen molar-refractivity contribution in [2.45, 2.75) is 97.4 Å². The number of H-pyrrole nitrogens is 2. The largest absolute Gasteiger partial charge is 0.488 e. The number of rotatable bonds is 6. The van der Waals surface area contributed by atoms with Gasteiger partial charge in [-0.3, -0.25) is 9.69 Å². The maximum Gasteiger partial charge on any atom is 0.408 e. The first-order valence-electron chi connectivity index (χ1n) is 19.0. The van der Waals surface area contributed by atoms with Gasteiger partial charge in [-0.2, -0.15) is 0 Å². The number of aromatic amines is 2. The van der Waals surface area contributed by atoms with E-state index in [1.165, 1.54) is 12.7 Å². The SMILES string of the molecule is COC(=O)N[C@H](C(=O)N1CCC[C@@H]1c1ncc(-c2ccc3c(c2)COc2cc4c(cc2-3)CCc2[nH]c([C@@]3(C(C)(C)C)CCCN3C(=O)O)nc2-4)[nH]1)C(C)C. The van der Waals surface area contributed by atoms with Crippen LogP contribution in [0.3, 0.4) is 0 Å². The standard InChI is InChI=1S/C41H49N7O6/c1-22(2)33(46-38(50)53-6)36(49)47-15-7-9-31(47)35-42-20-30(43-35)24-10-12-26-25(17-24)21-54-32-19-27-23(18-28(26)32)11-13-29-34(27)45-37(44-29)41(40(3,4)5)14-8-16-48(41)39(51)52/h10,12,17-20,22,31,33H,7-9,11,13-16,21H2,1-6H3,(H,42,43)(H,44,45)(H,46,50)(H,51,52)/t31-,33+,41-/m1/s1. The van der Waals surface area contributed by atoms with Crippen molar-refractivity contribution < 1.29 is 29.0 Å². The number of nitrogens with zero attached hydrogens (tertiary/aromatic N) is 4. The minimum atomic E-state index is -0.909. The summed E-state index contributed by atoms with van der Waals surface area (Å²) in [5.74, 6) is 2.01. The number of alkyl carbamates (subject to hydrolysis) is 1. The summed E-state index contributed by atoms with van der Waals surface area (Å²) < 4.78 is 11.2. The summed E-state index contributed by atoms with van der Waals surface area (Å²) >= 11 is 0. The van der Waals surface area contributed by atoms with Gasteiger partial charge in [-0.1, -0.05) is 46.8 Å². The molecule has 5 heterocycles. The molecular formula is C41H49N7O6. The topological polar surface area (TPSA) is 166 Å². The smallest absolute Gasteiger partial charge is 0.408 e. The first kappa shape index (κ1) is 35.7. The highest BCUT2D eigenvalue weighted by molar-refractivity contribution is 5.87. The van der Waals surface area contributed by atoms with E-state index in [2.05, 4.69) is 66.4 Å². The van der Waals surface area contributed by atoms with Crippen molar-refractivity contribution in [1.29, 1.82) is 0 Å². The summed E-state index contributed by atoms with van der Waals surface area (Å²) in [7, 11) is 1.29. The van der Waals surface area contributed by atoms with Gasteiger partial charge in [0.1, 0.15) is 35.6 Å². The summed E-state index contributed by atoms with van der Waals surface area (Å²) in [4.78, 5) is 58.5. The molecule has 4 N–H and O–H groups in total. The quantitative estimate of drug-likeness (QED) is 0.162. The van der Waals surface area contributed by atoms with Crippen LogP contribution in [0.4, 0.5) is 9.59 Å². The van der Waals surface area contributed by atoms with Crippen molar-refractivity contribution in [3.8, 4) is 39.4 Å². The number of aryl methyl sites for hydroxylation is 2. The maximum atomic E-state index is 13.6. The lowest BCUT2D eigenvalue weighted by molar-refractivity contribution is -0.135. The van der Waals surface area contributed by atoms with Crippen LogP contribution >= 0.6 is 0 Å². The van der Waals surface area contributed by atoms with E-state index >= 15 is 0 Å². The van der Waals surface area contributed by atoms with E-state index < -0.39 is 23.8 Å². The molecule has 54 heavy (non-hydrogen) atoms. The van der Waals surface area contributed by atoms with Gasteiger partial charge in [0, 0.05) is 29.9 Å². The lowest BCUT2D eigenvalue weighted by Gasteiger charge is -2.45. The molecule has 4 aromatic rings. The average molecular weight is 736 g/mol. The van der Waals surface area contributed by atoms with Crippen LogP contribution in [0.5, 0.6) is 5.75 Å². The Kier molecular flexibility index (Phi) is 8.73. The number of hydrogen-bond donors (Lipinski definition) is 4. The van der Waals surface area contributed by atoms with E-state index in [0.717, 1.165) is 101 Å². The van der Waals surface area contributed by atoms with E-state index in [1.807, 2.05) is 24.9 Å². The number of imidazole rings is 2. The van der Waals surface area contributed by atoms with Crippen LogP contribution in [0.25, 0.3) is 33.6 Å². The van der Waals surface area contributed by atoms with Crippen molar-refractivity contribution in [1.82, 2.24) is 35.1 Å². The molecule has 1 aliphatic carbocycles. The van der Waals surface area contributed by atoms with Crippen LogP contribution < -0.4 is 10.1 Å². The Labute approximate surface area is 314 Å². The third kappa shape index (κ3) is 5.70. The predicted molar refractivity (Wildman–Crippen MR) is 202 cm³/mol. The zero-order valence-electron chi connectivity index (χ0n) is 31.8. The molecule has 2 aromatic heterocycles. The van der Waals surface area contributed by atoms with Gasteiger partial charge in [0.2, 0.25) is 5.91 Å². The fraction of sp³-hybridized carbons (Fsp3) is 0.488. The molecule has 2 aromatic carbocycles. The Morgan fingerprint density at radius 1 is 1.04 bits per heavy atom. The number of likely N-dealkylation sites (tertiary alicyclic amines) is 2. The number of aromatic nitrogens is 4. The zero-order chi connectivity index (χ0) is 38.1.